The zero-order valence-electron chi connectivity index (χ0n) is 20.8. The lowest BCUT2D eigenvalue weighted by Gasteiger charge is -2.45. The van der Waals surface area contributed by atoms with E-state index >= 15 is 0 Å². The summed E-state index contributed by atoms with van der Waals surface area (Å²) in [5, 5.41) is 4.39. The number of allylic oxidation sites excluding steroid dienone is 1. The van der Waals surface area contributed by atoms with Crippen molar-refractivity contribution < 1.29 is 23.9 Å². The molecule has 1 aromatic heterocycles. The maximum absolute atomic E-state index is 14.3. The Morgan fingerprint density at radius 1 is 1.11 bits per heavy atom. The van der Waals surface area contributed by atoms with Gasteiger partial charge in [0.1, 0.15) is 11.5 Å². The van der Waals surface area contributed by atoms with Crippen LogP contribution in [0.2, 0.25) is 0 Å². The summed E-state index contributed by atoms with van der Waals surface area (Å²) in [7, 11) is 0. The summed E-state index contributed by atoms with van der Waals surface area (Å²) >= 11 is 0. The molecule has 5 aliphatic rings. The number of Topliss-reactive ketones (excluding diaryl/α,β-unsaturated/α-hetero) is 2. The monoisotopic (exact) mass is 488 g/mol. The molecule has 2 aliphatic carbocycles. The molecule has 4 fully saturated rings. The standard InChI is InChI=1S/C29H32N2O5/c1-14-7-6-9-18-26-28(3,36-26)15(2)22-20(12-16-13-30-19-10-5-4-8-17(16)19)31-27(34)29(18,22)25(33)24-23(35-24)21(32)11-14/h4-6,8-10,13-15,18,20,22-24,26,30H,7,11-12H2,1-3H3,(H,31,34)/b9-6+/t14-,15-,18-,20?,22-,23-,24+,26-,28+,29-/m0/s1. The molecular weight excluding hydrogens is 456 g/mol. The van der Waals surface area contributed by atoms with Crippen LogP contribution in [0.4, 0.5) is 0 Å². The second kappa shape index (κ2) is 7.39. The first kappa shape index (κ1) is 22.4. The predicted molar refractivity (Wildman–Crippen MR) is 132 cm³/mol. The van der Waals surface area contributed by atoms with E-state index in [-0.39, 0.29) is 58.9 Å². The fourth-order valence-electron chi connectivity index (χ4n) is 7.79. The molecule has 188 valence electrons. The van der Waals surface area contributed by atoms with Gasteiger partial charge in [0.05, 0.1) is 11.7 Å². The molecular formula is C29H32N2O5. The third-order valence-corrected chi connectivity index (χ3v) is 9.86. The number of para-hydroxylation sites is 1. The van der Waals surface area contributed by atoms with Crippen LogP contribution in [0.15, 0.2) is 42.6 Å². The van der Waals surface area contributed by atoms with Crippen LogP contribution in [0, 0.1) is 29.1 Å². The Morgan fingerprint density at radius 2 is 1.92 bits per heavy atom. The first-order valence-corrected chi connectivity index (χ1v) is 13.2. The van der Waals surface area contributed by atoms with Crippen LogP contribution in [0.25, 0.3) is 10.9 Å². The Hall–Kier alpha value is -2.77. The van der Waals surface area contributed by atoms with E-state index in [4.69, 9.17) is 9.47 Å². The number of carbonyl (C=O) groups excluding carboxylic acids is 3. The minimum atomic E-state index is -1.30. The van der Waals surface area contributed by atoms with E-state index in [1.54, 1.807) is 0 Å². The molecule has 0 bridgehead atoms. The molecule has 1 saturated carbocycles. The van der Waals surface area contributed by atoms with Gasteiger partial charge in [0.15, 0.2) is 17.7 Å². The average Bonchev–Trinajstić information content (AvgIpc) is 3.72. The number of nitrogens with one attached hydrogen (secondary N) is 2. The highest BCUT2D eigenvalue weighted by atomic mass is 16.6. The number of rotatable bonds is 2. The zero-order valence-corrected chi connectivity index (χ0v) is 20.8. The van der Waals surface area contributed by atoms with E-state index in [1.807, 2.05) is 37.4 Å². The summed E-state index contributed by atoms with van der Waals surface area (Å²) in [5.74, 6) is -1.04. The van der Waals surface area contributed by atoms with Gasteiger partial charge in [0, 0.05) is 41.4 Å². The highest BCUT2D eigenvalue weighted by molar-refractivity contribution is 6.13. The van der Waals surface area contributed by atoms with Crippen molar-refractivity contribution in [3.63, 3.8) is 0 Å². The first-order valence-electron chi connectivity index (χ1n) is 13.2. The van der Waals surface area contributed by atoms with E-state index in [1.165, 1.54) is 0 Å². The lowest BCUT2D eigenvalue weighted by atomic mass is 9.51. The van der Waals surface area contributed by atoms with Crippen LogP contribution in [0.5, 0.6) is 0 Å². The average molecular weight is 489 g/mol. The van der Waals surface area contributed by atoms with E-state index in [0.29, 0.717) is 19.3 Å². The summed E-state index contributed by atoms with van der Waals surface area (Å²) in [5.41, 5.74) is 0.472. The van der Waals surface area contributed by atoms with Crippen molar-refractivity contribution in [2.45, 2.75) is 70.0 Å². The van der Waals surface area contributed by atoms with Crippen molar-refractivity contribution in [2.24, 2.45) is 29.1 Å². The van der Waals surface area contributed by atoms with Gasteiger partial charge in [-0.15, -0.1) is 0 Å². The van der Waals surface area contributed by atoms with Gasteiger partial charge in [0.2, 0.25) is 5.91 Å². The summed E-state index contributed by atoms with van der Waals surface area (Å²) in [6, 6.07) is 7.90. The van der Waals surface area contributed by atoms with E-state index < -0.39 is 17.6 Å². The summed E-state index contributed by atoms with van der Waals surface area (Å²) in [6.45, 7) is 6.27. The zero-order chi connectivity index (χ0) is 25.0. The molecule has 4 heterocycles. The minimum Gasteiger partial charge on any atom is -0.365 e. The maximum atomic E-state index is 14.3. The summed E-state index contributed by atoms with van der Waals surface area (Å²) < 4.78 is 12.0. The van der Waals surface area contributed by atoms with Crippen LogP contribution >= 0.6 is 0 Å². The Labute approximate surface area is 210 Å². The number of fused-ring (bicyclic) bond motifs is 4. The van der Waals surface area contributed by atoms with Gasteiger partial charge in [-0.25, -0.2) is 0 Å². The number of ether oxygens (including phenoxy) is 2. The molecule has 1 unspecified atom stereocenters. The molecule has 1 aromatic carbocycles. The van der Waals surface area contributed by atoms with Crippen LogP contribution in [0.3, 0.4) is 0 Å². The molecule has 1 spiro atoms. The Balaban J connectivity index is 1.35. The quantitative estimate of drug-likeness (QED) is 0.384. The van der Waals surface area contributed by atoms with Crippen molar-refractivity contribution in [2.75, 3.05) is 0 Å². The third kappa shape index (κ3) is 2.84. The van der Waals surface area contributed by atoms with Gasteiger partial charge in [-0.2, -0.15) is 0 Å². The maximum Gasteiger partial charge on any atom is 0.235 e. The SMILES string of the molecule is C[C@H]1C/C=C/[C@H]2[C@@H]3O[C@]3(C)[C@@H](C)[C@H]3C(Cc4c[nH]c5ccccc45)NC(=O)[C@]32C(=O)[C@@H]2O[C@H]2C(=O)C1. The lowest BCUT2D eigenvalue weighted by Crippen LogP contribution is -2.59. The second-order valence-electron chi connectivity index (χ2n) is 11.9. The predicted octanol–water partition coefficient (Wildman–Crippen LogP) is 3.13. The molecule has 2 N–H and O–H groups in total. The summed E-state index contributed by atoms with van der Waals surface area (Å²) in [4.78, 5) is 44.6. The van der Waals surface area contributed by atoms with Crippen molar-refractivity contribution in [3.8, 4) is 0 Å². The van der Waals surface area contributed by atoms with Crippen LogP contribution in [-0.2, 0) is 30.3 Å². The molecule has 0 radical (unpaired) electrons. The molecule has 10 atom stereocenters. The minimum absolute atomic E-state index is 0.0257. The van der Waals surface area contributed by atoms with Gasteiger partial charge >= 0.3 is 0 Å². The van der Waals surface area contributed by atoms with E-state index in [0.717, 1.165) is 16.5 Å². The number of aromatic nitrogens is 1. The number of ketones is 2. The number of amides is 1. The Kier molecular flexibility index (Phi) is 4.60. The first-order chi connectivity index (χ1) is 17.3. The molecule has 3 saturated heterocycles. The van der Waals surface area contributed by atoms with Gasteiger partial charge in [0.25, 0.3) is 0 Å². The normalized spacial score (nSPS) is 46.1. The topological polar surface area (TPSA) is 104 Å². The number of benzene rings is 1. The highest BCUT2D eigenvalue weighted by Gasteiger charge is 2.80. The highest BCUT2D eigenvalue weighted by Crippen LogP contribution is 2.66. The number of H-pyrrole nitrogens is 1. The number of carbonyl (C=O) groups is 3. The second-order valence-corrected chi connectivity index (χ2v) is 11.9. The smallest absolute Gasteiger partial charge is 0.235 e. The lowest BCUT2D eigenvalue weighted by molar-refractivity contribution is -0.149. The van der Waals surface area contributed by atoms with E-state index in [9.17, 15) is 14.4 Å². The van der Waals surface area contributed by atoms with Crippen LogP contribution < -0.4 is 5.32 Å². The third-order valence-electron chi connectivity index (χ3n) is 9.86. The van der Waals surface area contributed by atoms with E-state index in [2.05, 4.69) is 36.3 Å². The van der Waals surface area contributed by atoms with Gasteiger partial charge in [-0.1, -0.05) is 44.2 Å². The molecule has 36 heavy (non-hydrogen) atoms. The van der Waals surface area contributed by atoms with Gasteiger partial charge in [-0.05, 0) is 43.2 Å². The Morgan fingerprint density at radius 3 is 2.75 bits per heavy atom. The molecule has 2 aromatic rings. The van der Waals surface area contributed by atoms with Crippen molar-refractivity contribution in [1.82, 2.24) is 10.3 Å². The van der Waals surface area contributed by atoms with Gasteiger partial charge < -0.3 is 19.8 Å². The largest absolute Gasteiger partial charge is 0.365 e. The van der Waals surface area contributed by atoms with Crippen LogP contribution in [0.1, 0.15) is 39.2 Å². The number of aromatic amines is 1. The van der Waals surface area contributed by atoms with Crippen molar-refractivity contribution >= 4 is 28.4 Å². The van der Waals surface area contributed by atoms with Crippen LogP contribution in [-0.4, -0.2) is 52.4 Å². The molecule has 7 nitrogen and oxygen atoms in total. The fraction of sp³-hybridized carbons (Fsp3) is 0.552. The van der Waals surface area contributed by atoms with Crippen molar-refractivity contribution in [1.29, 1.82) is 0 Å². The molecule has 3 aliphatic heterocycles. The molecule has 1 amide bonds. The molecule has 7 heteroatoms. The number of epoxide rings is 2. The van der Waals surface area contributed by atoms with Crippen molar-refractivity contribution in [3.05, 3.63) is 48.2 Å². The number of hydrogen-bond donors (Lipinski definition) is 2. The fourth-order valence-corrected chi connectivity index (χ4v) is 7.79. The Bertz CT molecular complexity index is 1330. The van der Waals surface area contributed by atoms with Gasteiger partial charge in [-0.3, -0.25) is 14.4 Å². The number of hydrogen-bond acceptors (Lipinski definition) is 5. The molecule has 7 rings (SSSR count). The summed E-state index contributed by atoms with van der Waals surface area (Å²) in [6.07, 6.45) is 6.05.